The van der Waals surface area contributed by atoms with Crippen LogP contribution in [0.4, 0.5) is 8.78 Å². The van der Waals surface area contributed by atoms with Gasteiger partial charge in [-0.25, -0.2) is 26.9 Å². The van der Waals surface area contributed by atoms with E-state index in [-0.39, 0.29) is 16.5 Å². The Hall–Kier alpha value is -4.76. The molecule has 0 spiro atoms. The molecule has 0 fully saturated rings. The minimum Gasteiger partial charge on any atom is -0.265 e. The molecule has 9 heteroatoms. The van der Waals surface area contributed by atoms with Crippen molar-refractivity contribution in [2.45, 2.75) is 11.4 Å². The zero-order valence-electron chi connectivity index (χ0n) is 21.3. The van der Waals surface area contributed by atoms with Crippen molar-refractivity contribution >= 4 is 20.9 Å². The Morgan fingerprint density at radius 2 is 1.30 bits per heavy atom. The summed E-state index contributed by atoms with van der Waals surface area (Å²) in [6.07, 6.45) is 6.27. The van der Waals surface area contributed by atoms with Crippen LogP contribution in [0.15, 0.2) is 108 Å². The highest BCUT2D eigenvalue weighted by Gasteiger charge is 2.22. The summed E-state index contributed by atoms with van der Waals surface area (Å²) in [5, 5.41) is 5.39. The van der Waals surface area contributed by atoms with Crippen molar-refractivity contribution in [3.8, 4) is 33.5 Å². The van der Waals surface area contributed by atoms with Gasteiger partial charge in [0.05, 0.1) is 23.3 Å². The number of hydrogen-bond donors (Lipinski definition) is 0. The number of rotatable bonds is 6. The van der Waals surface area contributed by atoms with Crippen LogP contribution in [0.5, 0.6) is 0 Å². The smallest absolute Gasteiger partial charge is 0.175 e. The van der Waals surface area contributed by atoms with E-state index in [1.54, 1.807) is 71.8 Å². The molecule has 6 aromatic rings. The molecule has 3 heterocycles. The maximum Gasteiger partial charge on any atom is 0.175 e. The van der Waals surface area contributed by atoms with Crippen LogP contribution in [0.3, 0.4) is 0 Å². The van der Waals surface area contributed by atoms with Crippen LogP contribution in [-0.4, -0.2) is 34.4 Å². The lowest BCUT2D eigenvalue weighted by atomic mass is 9.89. The van der Waals surface area contributed by atoms with Crippen LogP contribution in [0.2, 0.25) is 0 Å². The third-order valence-corrected chi connectivity index (χ3v) is 7.82. The molecule has 198 valence electrons. The first-order valence-electron chi connectivity index (χ1n) is 12.4. The molecular formula is C31H22F2N4O2S. The van der Waals surface area contributed by atoms with Gasteiger partial charge in [0.25, 0.3) is 0 Å². The Morgan fingerprint density at radius 3 is 1.90 bits per heavy atom. The van der Waals surface area contributed by atoms with Crippen molar-refractivity contribution in [3.63, 3.8) is 0 Å². The minimum atomic E-state index is -3.32. The van der Waals surface area contributed by atoms with Crippen molar-refractivity contribution in [1.82, 2.24) is 19.7 Å². The molecule has 0 N–H and O–H groups in total. The van der Waals surface area contributed by atoms with E-state index >= 15 is 0 Å². The van der Waals surface area contributed by atoms with E-state index in [2.05, 4.69) is 10.1 Å². The van der Waals surface area contributed by atoms with Gasteiger partial charge in [0.15, 0.2) is 15.5 Å². The molecule has 3 aromatic heterocycles. The van der Waals surface area contributed by atoms with E-state index in [0.717, 1.165) is 33.2 Å². The highest BCUT2D eigenvalue weighted by Crippen LogP contribution is 2.43. The van der Waals surface area contributed by atoms with Crippen molar-refractivity contribution < 1.29 is 17.2 Å². The third-order valence-electron chi connectivity index (χ3n) is 6.69. The summed E-state index contributed by atoms with van der Waals surface area (Å²) >= 11 is 0. The number of pyridine rings is 2. The van der Waals surface area contributed by atoms with Crippen LogP contribution < -0.4 is 0 Å². The van der Waals surface area contributed by atoms with Gasteiger partial charge in [-0.15, -0.1) is 0 Å². The molecule has 6 rings (SSSR count). The SMILES string of the molecule is CS(=O)(=O)c1ccc(Cn2ncc3c(-c4ccc(F)cc4)c(-c4ccncc4)c(-c4ccc(F)cc4)nc32)cc1. The summed E-state index contributed by atoms with van der Waals surface area (Å²) in [6.45, 7) is 0.334. The van der Waals surface area contributed by atoms with Gasteiger partial charge in [-0.2, -0.15) is 5.10 Å². The van der Waals surface area contributed by atoms with Gasteiger partial charge in [0, 0.05) is 40.7 Å². The normalized spacial score (nSPS) is 11.7. The second kappa shape index (κ2) is 10.1. The molecule has 0 aliphatic heterocycles. The van der Waals surface area contributed by atoms with E-state index in [1.807, 2.05) is 12.1 Å². The number of benzene rings is 3. The second-order valence-electron chi connectivity index (χ2n) is 9.42. The molecule has 0 radical (unpaired) electrons. The van der Waals surface area contributed by atoms with Gasteiger partial charge in [-0.3, -0.25) is 4.98 Å². The maximum atomic E-state index is 14.0. The lowest BCUT2D eigenvalue weighted by molar-refractivity contribution is 0.601. The first kappa shape index (κ1) is 25.5. The Kier molecular flexibility index (Phi) is 6.43. The number of fused-ring (bicyclic) bond motifs is 1. The van der Waals surface area contributed by atoms with Crippen molar-refractivity contribution in [1.29, 1.82) is 0 Å². The highest BCUT2D eigenvalue weighted by molar-refractivity contribution is 7.90. The van der Waals surface area contributed by atoms with Gasteiger partial charge in [-0.1, -0.05) is 24.3 Å². The molecular weight excluding hydrogens is 530 g/mol. The molecule has 0 bridgehead atoms. The van der Waals surface area contributed by atoms with E-state index < -0.39 is 9.84 Å². The summed E-state index contributed by atoms with van der Waals surface area (Å²) in [4.78, 5) is 9.45. The number of hydrogen-bond acceptors (Lipinski definition) is 5. The molecule has 6 nitrogen and oxygen atoms in total. The monoisotopic (exact) mass is 552 g/mol. The lowest BCUT2D eigenvalue weighted by Gasteiger charge is -2.17. The third kappa shape index (κ3) is 4.87. The van der Waals surface area contributed by atoms with E-state index in [4.69, 9.17) is 4.98 Å². The minimum absolute atomic E-state index is 0.235. The Balaban J connectivity index is 1.62. The van der Waals surface area contributed by atoms with Crippen LogP contribution in [-0.2, 0) is 16.4 Å². The average Bonchev–Trinajstić information content (AvgIpc) is 3.35. The molecule has 3 aromatic carbocycles. The Labute approximate surface area is 229 Å². The van der Waals surface area contributed by atoms with E-state index in [9.17, 15) is 17.2 Å². The summed E-state index contributed by atoms with van der Waals surface area (Å²) in [7, 11) is -3.32. The first-order valence-corrected chi connectivity index (χ1v) is 14.3. The fraction of sp³-hybridized carbons (Fsp3) is 0.0645. The summed E-state index contributed by atoms with van der Waals surface area (Å²) < 4.78 is 53.4. The summed E-state index contributed by atoms with van der Waals surface area (Å²) in [5.74, 6) is -0.719. The van der Waals surface area contributed by atoms with Crippen LogP contribution in [0, 0.1) is 11.6 Å². The molecule has 0 amide bonds. The van der Waals surface area contributed by atoms with Crippen molar-refractivity contribution in [2.75, 3.05) is 6.26 Å². The molecule has 0 aliphatic carbocycles. The number of aromatic nitrogens is 4. The fourth-order valence-corrected chi connectivity index (χ4v) is 5.38. The Morgan fingerprint density at radius 1 is 0.725 bits per heavy atom. The predicted molar refractivity (Wildman–Crippen MR) is 150 cm³/mol. The number of sulfone groups is 1. The second-order valence-corrected chi connectivity index (χ2v) is 11.4. The standard InChI is InChI=1S/C31H22F2N4O2S/c1-40(38,39)26-12-2-20(3-13-26)19-37-31-27(18-35-37)28(21-4-8-24(32)9-5-21)29(22-14-16-34-17-15-22)30(36-31)23-6-10-25(33)11-7-23/h2-18H,19H2,1H3. The quantitative estimate of drug-likeness (QED) is 0.234. The fourth-order valence-electron chi connectivity index (χ4n) is 4.75. The summed E-state index contributed by atoms with van der Waals surface area (Å²) in [5.41, 5.74) is 5.90. The van der Waals surface area contributed by atoms with Crippen molar-refractivity contribution in [2.24, 2.45) is 0 Å². The number of nitrogens with zero attached hydrogens (tertiary/aromatic N) is 4. The Bertz CT molecular complexity index is 1940. The number of halogens is 2. The predicted octanol–water partition coefficient (Wildman–Crippen LogP) is 6.56. The van der Waals surface area contributed by atoms with Crippen LogP contribution >= 0.6 is 0 Å². The molecule has 0 aliphatic rings. The molecule has 0 saturated heterocycles. The van der Waals surface area contributed by atoms with E-state index in [0.29, 0.717) is 23.4 Å². The largest absolute Gasteiger partial charge is 0.265 e. The average molecular weight is 553 g/mol. The van der Waals surface area contributed by atoms with Gasteiger partial charge >= 0.3 is 0 Å². The van der Waals surface area contributed by atoms with E-state index in [1.165, 1.54) is 30.5 Å². The molecule has 0 unspecified atom stereocenters. The van der Waals surface area contributed by atoms with Gasteiger partial charge < -0.3 is 0 Å². The zero-order chi connectivity index (χ0) is 27.9. The van der Waals surface area contributed by atoms with Gasteiger partial charge in [0.1, 0.15) is 11.6 Å². The van der Waals surface area contributed by atoms with Gasteiger partial charge in [0.2, 0.25) is 0 Å². The van der Waals surface area contributed by atoms with Crippen LogP contribution in [0.25, 0.3) is 44.5 Å². The first-order chi connectivity index (χ1) is 19.3. The van der Waals surface area contributed by atoms with Crippen molar-refractivity contribution in [3.05, 3.63) is 121 Å². The molecule has 0 saturated carbocycles. The highest BCUT2D eigenvalue weighted by atomic mass is 32.2. The zero-order valence-corrected chi connectivity index (χ0v) is 22.1. The lowest BCUT2D eigenvalue weighted by Crippen LogP contribution is -2.05. The van der Waals surface area contributed by atoms with Gasteiger partial charge in [-0.05, 0) is 77.4 Å². The molecule has 40 heavy (non-hydrogen) atoms. The molecule has 0 atom stereocenters. The van der Waals surface area contributed by atoms with Crippen LogP contribution in [0.1, 0.15) is 5.56 Å². The summed E-state index contributed by atoms with van der Waals surface area (Å²) in [6, 6.07) is 22.7. The topological polar surface area (TPSA) is 77.7 Å². The maximum absolute atomic E-state index is 14.0.